The smallest absolute Gasteiger partial charge is 0.175 e. The molecule has 0 atom stereocenters. The van der Waals surface area contributed by atoms with Gasteiger partial charge >= 0.3 is 0 Å². The molecule has 0 saturated heterocycles. The number of hydrogen-bond donors (Lipinski definition) is 1. The molecule has 1 aliphatic rings. The van der Waals surface area contributed by atoms with Gasteiger partial charge in [-0.05, 0) is 49.1 Å². The van der Waals surface area contributed by atoms with Gasteiger partial charge in [-0.3, -0.25) is 0 Å². The minimum atomic E-state index is 0.0791. The second kappa shape index (κ2) is 29.0. The number of nitrogens with zero attached hydrogens (tertiary/aromatic N) is 4. The Bertz CT molecular complexity index is 1270. The van der Waals surface area contributed by atoms with Crippen LogP contribution in [0, 0.1) is 22.7 Å². The van der Waals surface area contributed by atoms with Gasteiger partial charge in [0, 0.05) is 38.7 Å². The molecule has 0 radical (unpaired) electrons. The van der Waals surface area contributed by atoms with E-state index in [-0.39, 0.29) is 11.4 Å². The highest BCUT2D eigenvalue weighted by Crippen LogP contribution is 2.22. The molecule has 0 unspecified atom stereocenters. The minimum Gasteiger partial charge on any atom is -0.382 e. The molecule has 1 aromatic carbocycles. The summed E-state index contributed by atoms with van der Waals surface area (Å²) in [6.45, 7) is 12.8. The van der Waals surface area contributed by atoms with E-state index in [4.69, 9.17) is 37.9 Å². The molecule has 51 heavy (non-hydrogen) atoms. The molecule has 1 aliphatic heterocycles. The van der Waals surface area contributed by atoms with Gasteiger partial charge < -0.3 is 48.1 Å². The molecule has 0 aromatic heterocycles. The molecule has 1 aromatic rings. The van der Waals surface area contributed by atoms with Crippen molar-refractivity contribution >= 4 is 17.5 Å². The lowest BCUT2D eigenvalue weighted by Crippen LogP contribution is -2.31. The number of nitriles is 2. The van der Waals surface area contributed by atoms with Gasteiger partial charge in [-0.1, -0.05) is 31.6 Å². The molecule has 282 valence electrons. The highest BCUT2D eigenvalue weighted by atomic mass is 16.6. The summed E-state index contributed by atoms with van der Waals surface area (Å²) in [4.78, 5) is 6.81. The van der Waals surface area contributed by atoms with Gasteiger partial charge in [-0.25, -0.2) is 4.99 Å². The van der Waals surface area contributed by atoms with Gasteiger partial charge in [0.05, 0.1) is 98.2 Å². The maximum atomic E-state index is 9.67. The van der Waals surface area contributed by atoms with Crippen molar-refractivity contribution in [3.05, 3.63) is 58.6 Å². The molecule has 1 N–H and O–H groups in total. The number of allylic oxidation sites excluding steroid dienone is 5. The van der Waals surface area contributed by atoms with Crippen LogP contribution in [-0.2, 0) is 37.9 Å². The first-order chi connectivity index (χ1) is 25.1. The lowest BCUT2D eigenvalue weighted by atomic mass is 10.0. The normalized spacial score (nSPS) is 13.3. The van der Waals surface area contributed by atoms with Crippen LogP contribution in [0.2, 0.25) is 0 Å². The number of nitrogens with one attached hydrogen (secondary N) is 1. The van der Waals surface area contributed by atoms with Crippen molar-refractivity contribution in [1.82, 2.24) is 5.32 Å². The van der Waals surface area contributed by atoms with Crippen LogP contribution in [-0.4, -0.2) is 126 Å². The fourth-order valence-electron chi connectivity index (χ4n) is 4.79. The predicted octanol–water partition coefficient (Wildman–Crippen LogP) is 4.67. The van der Waals surface area contributed by atoms with Gasteiger partial charge in [0.1, 0.15) is 12.1 Å². The zero-order valence-electron chi connectivity index (χ0n) is 31.0. The van der Waals surface area contributed by atoms with Crippen LogP contribution in [0.5, 0.6) is 0 Å². The van der Waals surface area contributed by atoms with Crippen LogP contribution in [0.3, 0.4) is 0 Å². The van der Waals surface area contributed by atoms with Crippen molar-refractivity contribution in [1.29, 1.82) is 10.5 Å². The first-order valence-corrected chi connectivity index (χ1v) is 17.7. The number of aliphatic imine (C=N–C) groups is 1. The van der Waals surface area contributed by atoms with Crippen LogP contribution < -0.4 is 10.2 Å². The Morgan fingerprint density at radius 1 is 0.686 bits per heavy atom. The monoisotopic (exact) mass is 711 g/mol. The number of anilines is 1. The van der Waals surface area contributed by atoms with E-state index in [1.165, 1.54) is 0 Å². The number of rotatable bonds is 30. The summed E-state index contributed by atoms with van der Waals surface area (Å²) in [6.07, 6.45) is 6.68. The van der Waals surface area contributed by atoms with E-state index in [2.05, 4.69) is 46.4 Å². The van der Waals surface area contributed by atoms with E-state index in [9.17, 15) is 10.5 Å². The van der Waals surface area contributed by atoms with Crippen molar-refractivity contribution in [2.75, 3.05) is 125 Å². The van der Waals surface area contributed by atoms with Gasteiger partial charge in [0.15, 0.2) is 11.4 Å². The standard InChI is InChI=1S/C38H57N5O8/c1-5-6-7-35-32(2)41-37(30-39)38(31-40)42-36(35)13-10-33-8-11-34(12-9-33)43(14-16-46-22-24-50-28-26-48-20-18-44-3)15-17-47-23-25-51-29-27-49-21-19-45-4/h8-13,41H,5-7,14-29H2,1-4H3/b13-10+. The number of unbranched alkanes of at least 4 members (excludes halogenated alkanes) is 1. The number of ether oxygens (including phenoxy) is 8. The average Bonchev–Trinajstić information content (AvgIpc) is 3.28. The molecule has 0 spiro atoms. The maximum Gasteiger partial charge on any atom is 0.175 e. The van der Waals surface area contributed by atoms with E-state index in [1.54, 1.807) is 14.2 Å². The molecular formula is C38H57N5O8. The second-order valence-electron chi connectivity index (χ2n) is 11.3. The van der Waals surface area contributed by atoms with Crippen LogP contribution in [0.1, 0.15) is 38.7 Å². The molecule has 0 saturated carbocycles. The molecular weight excluding hydrogens is 654 g/mol. The summed E-state index contributed by atoms with van der Waals surface area (Å²) in [7, 11) is 3.29. The largest absolute Gasteiger partial charge is 0.382 e. The van der Waals surface area contributed by atoms with Crippen molar-refractivity contribution in [2.45, 2.75) is 33.1 Å². The predicted molar refractivity (Wildman–Crippen MR) is 197 cm³/mol. The second-order valence-corrected chi connectivity index (χ2v) is 11.3. The summed E-state index contributed by atoms with van der Waals surface area (Å²) >= 11 is 0. The Morgan fingerprint density at radius 3 is 1.63 bits per heavy atom. The number of benzene rings is 1. The van der Waals surface area contributed by atoms with E-state index >= 15 is 0 Å². The third kappa shape index (κ3) is 19.0. The number of hydrogen-bond acceptors (Lipinski definition) is 13. The third-order valence-corrected chi connectivity index (χ3v) is 7.60. The summed E-state index contributed by atoms with van der Waals surface area (Å²) in [6, 6.07) is 12.4. The molecule has 0 fully saturated rings. The Balaban J connectivity index is 1.99. The van der Waals surface area contributed by atoms with E-state index in [1.807, 2.05) is 31.2 Å². The summed E-state index contributed by atoms with van der Waals surface area (Å²) in [5, 5.41) is 22.3. The van der Waals surface area contributed by atoms with Crippen LogP contribution >= 0.6 is 0 Å². The first kappa shape index (κ1) is 43.5. The quantitative estimate of drug-likeness (QED) is 0.111. The van der Waals surface area contributed by atoms with Crippen LogP contribution in [0.4, 0.5) is 5.69 Å². The summed E-state index contributed by atoms with van der Waals surface area (Å²) < 4.78 is 43.7. The van der Waals surface area contributed by atoms with Crippen LogP contribution in [0.15, 0.2) is 58.0 Å². The third-order valence-electron chi connectivity index (χ3n) is 7.60. The maximum absolute atomic E-state index is 9.67. The van der Waals surface area contributed by atoms with Crippen molar-refractivity contribution < 1.29 is 37.9 Å². The molecule has 0 amide bonds. The van der Waals surface area contributed by atoms with Crippen LogP contribution in [0.25, 0.3) is 6.08 Å². The van der Waals surface area contributed by atoms with E-state index in [0.717, 1.165) is 41.8 Å². The van der Waals surface area contributed by atoms with Gasteiger partial charge in [0.25, 0.3) is 0 Å². The van der Waals surface area contributed by atoms with Crippen molar-refractivity contribution in [2.24, 2.45) is 4.99 Å². The van der Waals surface area contributed by atoms with Gasteiger partial charge in [-0.2, -0.15) is 10.5 Å². The summed E-state index contributed by atoms with van der Waals surface area (Å²) in [5.41, 5.74) is 4.77. The average molecular weight is 712 g/mol. The zero-order valence-corrected chi connectivity index (χ0v) is 31.0. The Hall–Kier alpha value is -3.63. The molecule has 1 heterocycles. The highest BCUT2D eigenvalue weighted by Gasteiger charge is 2.17. The van der Waals surface area contributed by atoms with Crippen molar-refractivity contribution in [3.8, 4) is 12.1 Å². The lowest BCUT2D eigenvalue weighted by molar-refractivity contribution is 0.00301. The first-order valence-electron chi connectivity index (χ1n) is 17.7. The Morgan fingerprint density at radius 2 is 1.18 bits per heavy atom. The summed E-state index contributed by atoms with van der Waals surface area (Å²) in [5.74, 6) is 0. The molecule has 0 bridgehead atoms. The fraction of sp³-hybridized carbons (Fsp3) is 0.605. The topological polar surface area (TPSA) is 149 Å². The van der Waals surface area contributed by atoms with E-state index < -0.39 is 0 Å². The van der Waals surface area contributed by atoms with Gasteiger partial charge in [0.2, 0.25) is 0 Å². The Kier molecular flexibility index (Phi) is 24.8. The SMILES string of the molecule is CCCCC1=C(C)NC(C#N)=C(C#N)N=C1/C=C/c1ccc(N(CCOCCOCCOCCOC)CCOCCOCCOCCOC)cc1. The van der Waals surface area contributed by atoms with Crippen molar-refractivity contribution in [3.63, 3.8) is 0 Å². The molecule has 13 heteroatoms. The van der Waals surface area contributed by atoms with Gasteiger partial charge in [-0.15, -0.1) is 0 Å². The van der Waals surface area contributed by atoms with E-state index in [0.29, 0.717) is 111 Å². The zero-order chi connectivity index (χ0) is 36.8. The lowest BCUT2D eigenvalue weighted by Gasteiger charge is -2.25. The molecule has 0 aliphatic carbocycles. The molecule has 2 rings (SSSR count). The fourth-order valence-corrected chi connectivity index (χ4v) is 4.79. The highest BCUT2D eigenvalue weighted by molar-refractivity contribution is 6.11. The Labute approximate surface area is 304 Å². The number of methoxy groups -OCH3 is 2. The molecule has 13 nitrogen and oxygen atoms in total. The minimum absolute atomic E-state index is 0.0791.